The lowest BCUT2D eigenvalue weighted by molar-refractivity contribution is 0.471. The van der Waals surface area contributed by atoms with E-state index in [0.29, 0.717) is 27.4 Å². The number of halogens is 2. The molecule has 0 saturated carbocycles. The van der Waals surface area contributed by atoms with Crippen LogP contribution < -0.4 is 0 Å². The molecular formula is C12H13Cl2NO2S3. The highest BCUT2D eigenvalue weighted by atomic mass is 35.5. The summed E-state index contributed by atoms with van der Waals surface area (Å²) in [5, 5.41) is 0. The first-order valence-electron chi connectivity index (χ1n) is 5.78. The molecule has 0 unspecified atom stereocenters. The normalized spacial score (nSPS) is 12.2. The van der Waals surface area contributed by atoms with Crippen LogP contribution in [0, 0.1) is 0 Å². The van der Waals surface area contributed by atoms with Crippen molar-refractivity contribution in [2.75, 3.05) is 12.9 Å². The molecule has 0 aliphatic heterocycles. The van der Waals surface area contributed by atoms with Gasteiger partial charge in [-0.3, -0.25) is 0 Å². The molecule has 2 aromatic heterocycles. The molecule has 0 atom stereocenters. The third-order valence-electron chi connectivity index (χ3n) is 2.65. The maximum Gasteiger partial charge on any atom is 0.252 e. The van der Waals surface area contributed by atoms with E-state index in [1.54, 1.807) is 19.2 Å². The second kappa shape index (κ2) is 6.77. The van der Waals surface area contributed by atoms with E-state index in [1.807, 2.05) is 12.1 Å². The molecule has 20 heavy (non-hydrogen) atoms. The van der Waals surface area contributed by atoms with Crippen molar-refractivity contribution in [2.24, 2.45) is 0 Å². The quantitative estimate of drug-likeness (QED) is 0.719. The summed E-state index contributed by atoms with van der Waals surface area (Å²) in [7, 11) is -1.88. The molecule has 8 heteroatoms. The van der Waals surface area contributed by atoms with Gasteiger partial charge in [-0.15, -0.1) is 34.3 Å². The smallest absolute Gasteiger partial charge is 0.206 e. The van der Waals surface area contributed by atoms with E-state index in [4.69, 9.17) is 23.2 Å². The van der Waals surface area contributed by atoms with Crippen LogP contribution in [0.2, 0.25) is 4.34 Å². The maximum absolute atomic E-state index is 12.4. The summed E-state index contributed by atoms with van der Waals surface area (Å²) in [6.45, 7) is 0.322. The standard InChI is InChI=1S/C12H13Cl2NO2S3/c1-15(8-10-2-4-11(14)18-10)20(16,17)12-5-3-9(19-12)6-7-13/h2-5H,6-8H2,1H3. The Balaban J connectivity index is 2.15. The van der Waals surface area contributed by atoms with Crippen LogP contribution in [0.4, 0.5) is 0 Å². The van der Waals surface area contributed by atoms with Gasteiger partial charge in [0.05, 0.1) is 4.34 Å². The molecule has 110 valence electrons. The molecule has 0 aliphatic carbocycles. The summed E-state index contributed by atoms with van der Waals surface area (Å²) >= 11 is 14.2. The van der Waals surface area contributed by atoms with Gasteiger partial charge in [0.25, 0.3) is 10.0 Å². The largest absolute Gasteiger partial charge is 0.252 e. The highest BCUT2D eigenvalue weighted by Gasteiger charge is 2.23. The fourth-order valence-corrected chi connectivity index (χ4v) is 5.87. The van der Waals surface area contributed by atoms with Gasteiger partial charge in [-0.25, -0.2) is 8.42 Å². The van der Waals surface area contributed by atoms with Gasteiger partial charge in [-0.1, -0.05) is 11.6 Å². The van der Waals surface area contributed by atoms with Crippen LogP contribution in [-0.4, -0.2) is 25.7 Å². The molecule has 0 N–H and O–H groups in total. The molecule has 0 aliphatic rings. The number of thiophene rings is 2. The van der Waals surface area contributed by atoms with Gasteiger partial charge < -0.3 is 0 Å². The van der Waals surface area contributed by atoms with E-state index in [9.17, 15) is 8.42 Å². The second-order valence-corrected chi connectivity index (χ2v) is 9.74. The average Bonchev–Trinajstić information content (AvgIpc) is 2.99. The number of hydrogen-bond acceptors (Lipinski definition) is 4. The van der Waals surface area contributed by atoms with Gasteiger partial charge in [-0.05, 0) is 30.7 Å². The molecule has 0 amide bonds. The first-order valence-corrected chi connectivity index (χ1v) is 9.77. The van der Waals surface area contributed by atoms with Crippen molar-refractivity contribution in [3.63, 3.8) is 0 Å². The van der Waals surface area contributed by atoms with Crippen molar-refractivity contribution in [3.8, 4) is 0 Å². The fraction of sp³-hybridized carbons (Fsp3) is 0.333. The monoisotopic (exact) mass is 369 g/mol. The Morgan fingerprint density at radius 1 is 1.15 bits per heavy atom. The Morgan fingerprint density at radius 2 is 1.85 bits per heavy atom. The Hall–Kier alpha value is -0.110. The van der Waals surface area contributed by atoms with Gasteiger partial charge in [0, 0.05) is 29.2 Å². The number of hydrogen-bond donors (Lipinski definition) is 0. The number of nitrogens with zero attached hydrogens (tertiary/aromatic N) is 1. The zero-order valence-electron chi connectivity index (χ0n) is 10.7. The summed E-state index contributed by atoms with van der Waals surface area (Å²) in [5.41, 5.74) is 0. The molecule has 2 rings (SSSR count). The van der Waals surface area contributed by atoms with Crippen LogP contribution in [0.15, 0.2) is 28.5 Å². The zero-order chi connectivity index (χ0) is 14.8. The predicted octanol–water partition coefficient (Wildman–Crippen LogP) is 4.07. The van der Waals surface area contributed by atoms with E-state index in [1.165, 1.54) is 27.0 Å². The van der Waals surface area contributed by atoms with Gasteiger partial charge in [-0.2, -0.15) is 4.31 Å². The van der Waals surface area contributed by atoms with E-state index in [-0.39, 0.29) is 0 Å². The lowest BCUT2D eigenvalue weighted by Gasteiger charge is -2.14. The van der Waals surface area contributed by atoms with Crippen LogP contribution in [0.25, 0.3) is 0 Å². The summed E-state index contributed by atoms with van der Waals surface area (Å²) in [5.74, 6) is 0.490. The maximum atomic E-state index is 12.4. The first kappa shape index (κ1) is 16.3. The minimum absolute atomic E-state index is 0.322. The zero-order valence-corrected chi connectivity index (χ0v) is 14.6. The number of sulfonamides is 1. The van der Waals surface area contributed by atoms with Crippen LogP contribution in [0.1, 0.15) is 9.75 Å². The van der Waals surface area contributed by atoms with Crippen LogP contribution in [0.5, 0.6) is 0 Å². The Kier molecular flexibility index (Phi) is 5.50. The Bertz CT molecular complexity index is 678. The topological polar surface area (TPSA) is 37.4 Å². The highest BCUT2D eigenvalue weighted by Crippen LogP contribution is 2.28. The first-order chi connectivity index (χ1) is 9.43. The highest BCUT2D eigenvalue weighted by molar-refractivity contribution is 7.91. The Labute approximate surface area is 136 Å². The van der Waals surface area contributed by atoms with Gasteiger partial charge in [0.15, 0.2) is 0 Å². The minimum Gasteiger partial charge on any atom is -0.206 e. The van der Waals surface area contributed by atoms with Crippen LogP contribution in [0.3, 0.4) is 0 Å². The molecule has 0 fully saturated rings. The van der Waals surface area contributed by atoms with E-state index >= 15 is 0 Å². The summed E-state index contributed by atoms with van der Waals surface area (Å²) in [6, 6.07) is 7.06. The number of rotatable bonds is 6. The molecule has 0 aromatic carbocycles. The van der Waals surface area contributed by atoms with Crippen molar-refractivity contribution < 1.29 is 8.42 Å². The molecule has 0 spiro atoms. The third kappa shape index (κ3) is 3.75. The molecular weight excluding hydrogens is 357 g/mol. The van der Waals surface area contributed by atoms with Crippen LogP contribution >= 0.6 is 45.9 Å². The summed E-state index contributed by atoms with van der Waals surface area (Å²) in [6.07, 6.45) is 0.686. The Morgan fingerprint density at radius 3 is 2.45 bits per heavy atom. The molecule has 3 nitrogen and oxygen atoms in total. The van der Waals surface area contributed by atoms with Crippen molar-refractivity contribution in [1.29, 1.82) is 0 Å². The minimum atomic E-state index is -3.45. The van der Waals surface area contributed by atoms with Crippen LogP contribution in [-0.2, 0) is 23.0 Å². The average molecular weight is 370 g/mol. The molecule has 0 saturated heterocycles. The molecule has 2 aromatic rings. The fourth-order valence-electron chi connectivity index (χ4n) is 1.62. The summed E-state index contributed by atoms with van der Waals surface area (Å²) in [4.78, 5) is 1.89. The summed E-state index contributed by atoms with van der Waals surface area (Å²) < 4.78 is 27.2. The lowest BCUT2D eigenvalue weighted by atomic mass is 10.4. The van der Waals surface area contributed by atoms with Crippen molar-refractivity contribution in [1.82, 2.24) is 4.31 Å². The van der Waals surface area contributed by atoms with Crippen molar-refractivity contribution >= 4 is 55.9 Å². The molecule has 0 radical (unpaired) electrons. The second-order valence-electron chi connectivity index (χ2n) is 4.13. The van der Waals surface area contributed by atoms with Gasteiger partial charge in [0.2, 0.25) is 0 Å². The SMILES string of the molecule is CN(Cc1ccc(Cl)s1)S(=O)(=O)c1ccc(CCCl)s1. The van der Waals surface area contributed by atoms with Crippen molar-refractivity contribution in [2.45, 2.75) is 17.2 Å². The van der Waals surface area contributed by atoms with Gasteiger partial charge in [0.1, 0.15) is 4.21 Å². The number of aryl methyl sites for hydroxylation is 1. The van der Waals surface area contributed by atoms with Crippen molar-refractivity contribution in [3.05, 3.63) is 38.4 Å². The predicted molar refractivity (Wildman–Crippen MR) is 86.7 cm³/mol. The molecule has 0 bridgehead atoms. The van der Waals surface area contributed by atoms with E-state index in [0.717, 1.165) is 9.75 Å². The number of alkyl halides is 1. The van der Waals surface area contributed by atoms with E-state index in [2.05, 4.69) is 0 Å². The van der Waals surface area contributed by atoms with E-state index < -0.39 is 10.0 Å². The lowest BCUT2D eigenvalue weighted by Crippen LogP contribution is -2.25. The molecule has 2 heterocycles. The van der Waals surface area contributed by atoms with Gasteiger partial charge >= 0.3 is 0 Å². The third-order valence-corrected chi connectivity index (χ3v) is 7.47.